The Morgan fingerprint density at radius 3 is 2.35 bits per heavy atom. The summed E-state index contributed by atoms with van der Waals surface area (Å²) in [6.45, 7) is 7.03. The molecule has 0 heterocycles. The summed E-state index contributed by atoms with van der Waals surface area (Å²) < 4.78 is 11.3. The molecule has 1 N–H and O–H groups in total. The van der Waals surface area contributed by atoms with E-state index in [-0.39, 0.29) is 5.92 Å². The maximum Gasteiger partial charge on any atom is 0.166 e. The second kappa shape index (κ2) is 11.8. The van der Waals surface area contributed by atoms with Gasteiger partial charge in [0.15, 0.2) is 6.29 Å². The summed E-state index contributed by atoms with van der Waals surface area (Å²) in [5, 5.41) is 10.4. The minimum Gasteiger partial charge on any atom is -0.392 e. The number of ether oxygens (including phenoxy) is 2. The van der Waals surface area contributed by atoms with Crippen LogP contribution in [-0.4, -0.2) is 37.0 Å². The highest BCUT2D eigenvalue weighted by Gasteiger charge is 2.37. The molecular formula is C19H34O4. The molecule has 0 saturated heterocycles. The van der Waals surface area contributed by atoms with E-state index < -0.39 is 12.4 Å². The number of aliphatic hydroxyl groups excluding tert-OH is 1. The summed E-state index contributed by atoms with van der Waals surface area (Å²) in [6, 6.07) is 0. The van der Waals surface area contributed by atoms with Crippen molar-refractivity contribution in [2.45, 2.75) is 84.5 Å². The van der Waals surface area contributed by atoms with Gasteiger partial charge < -0.3 is 14.6 Å². The van der Waals surface area contributed by atoms with Crippen LogP contribution in [0.25, 0.3) is 0 Å². The van der Waals surface area contributed by atoms with Crippen LogP contribution >= 0.6 is 0 Å². The fraction of sp³-hybridized carbons (Fsp3) is 0.842. The normalized spacial score (nSPS) is 22.0. The van der Waals surface area contributed by atoms with Crippen LogP contribution in [-0.2, 0) is 14.3 Å². The molecule has 4 nitrogen and oxygen atoms in total. The van der Waals surface area contributed by atoms with Crippen LogP contribution in [0.5, 0.6) is 0 Å². The van der Waals surface area contributed by atoms with E-state index in [2.05, 4.69) is 6.92 Å². The van der Waals surface area contributed by atoms with Gasteiger partial charge in [0.1, 0.15) is 6.29 Å². The average Bonchev–Trinajstić information content (AvgIpc) is 2.55. The number of aliphatic hydroxyl groups is 1. The molecule has 0 spiro atoms. The van der Waals surface area contributed by atoms with Gasteiger partial charge >= 0.3 is 0 Å². The van der Waals surface area contributed by atoms with Crippen LogP contribution in [0.1, 0.15) is 72.1 Å². The van der Waals surface area contributed by atoms with Crippen molar-refractivity contribution in [3.63, 3.8) is 0 Å². The lowest BCUT2D eigenvalue weighted by Gasteiger charge is -2.35. The molecule has 0 aromatic carbocycles. The van der Waals surface area contributed by atoms with Gasteiger partial charge in [0.2, 0.25) is 0 Å². The van der Waals surface area contributed by atoms with E-state index in [1.165, 1.54) is 31.3 Å². The van der Waals surface area contributed by atoms with Crippen molar-refractivity contribution in [1.29, 1.82) is 0 Å². The number of hydrogen-bond donors (Lipinski definition) is 1. The molecule has 0 aromatic rings. The first-order valence-corrected chi connectivity index (χ1v) is 9.27. The third kappa shape index (κ3) is 6.36. The Hall–Kier alpha value is -0.710. The second-order valence-corrected chi connectivity index (χ2v) is 6.25. The Labute approximate surface area is 141 Å². The van der Waals surface area contributed by atoms with Crippen LogP contribution < -0.4 is 0 Å². The average molecular weight is 326 g/mol. The van der Waals surface area contributed by atoms with Crippen molar-refractivity contribution in [3.8, 4) is 0 Å². The van der Waals surface area contributed by atoms with Crippen molar-refractivity contribution in [3.05, 3.63) is 11.1 Å². The molecule has 2 atom stereocenters. The molecule has 0 aliphatic heterocycles. The quantitative estimate of drug-likeness (QED) is 0.334. The van der Waals surface area contributed by atoms with E-state index in [1.54, 1.807) is 0 Å². The van der Waals surface area contributed by atoms with Gasteiger partial charge in [-0.05, 0) is 39.5 Å². The second-order valence-electron chi connectivity index (χ2n) is 6.25. The highest BCUT2D eigenvalue weighted by atomic mass is 16.7. The minimum absolute atomic E-state index is 0.355. The topological polar surface area (TPSA) is 55.8 Å². The van der Waals surface area contributed by atoms with Gasteiger partial charge in [-0.25, -0.2) is 0 Å². The Morgan fingerprint density at radius 1 is 1.13 bits per heavy atom. The molecule has 1 rings (SSSR count). The smallest absolute Gasteiger partial charge is 0.166 e. The standard InChI is InChI=1S/C19H34O4/c1-4-7-8-9-10-11-15-12-13-17(21)18(16(15)14-20)19(22-5-2)23-6-3/h14,17-19,21H,4-13H2,1-3H3/t17-,18-/m0/s1. The zero-order chi connectivity index (χ0) is 17.1. The van der Waals surface area contributed by atoms with Gasteiger partial charge in [-0.3, -0.25) is 4.79 Å². The highest BCUT2D eigenvalue weighted by Crippen LogP contribution is 2.35. The molecule has 0 amide bonds. The Bertz CT molecular complexity index is 358. The zero-order valence-electron chi connectivity index (χ0n) is 15.1. The van der Waals surface area contributed by atoms with Crippen molar-refractivity contribution < 1.29 is 19.4 Å². The highest BCUT2D eigenvalue weighted by molar-refractivity contribution is 5.76. The van der Waals surface area contributed by atoms with Crippen LogP contribution in [0.15, 0.2) is 11.1 Å². The van der Waals surface area contributed by atoms with Crippen molar-refractivity contribution >= 4 is 6.29 Å². The molecule has 0 saturated carbocycles. The lowest BCUT2D eigenvalue weighted by Crippen LogP contribution is -2.40. The van der Waals surface area contributed by atoms with E-state index in [9.17, 15) is 9.90 Å². The summed E-state index contributed by atoms with van der Waals surface area (Å²) in [5.41, 5.74) is 1.90. The first-order chi connectivity index (χ1) is 11.2. The van der Waals surface area contributed by atoms with Crippen LogP contribution in [0.4, 0.5) is 0 Å². The van der Waals surface area contributed by atoms with E-state index >= 15 is 0 Å². The summed E-state index contributed by atoms with van der Waals surface area (Å²) >= 11 is 0. The number of unbranched alkanes of at least 4 members (excludes halogenated alkanes) is 4. The summed E-state index contributed by atoms with van der Waals surface area (Å²) in [4.78, 5) is 11.7. The maximum absolute atomic E-state index is 11.7. The molecule has 23 heavy (non-hydrogen) atoms. The van der Waals surface area contributed by atoms with Crippen molar-refractivity contribution in [1.82, 2.24) is 0 Å². The third-order valence-electron chi connectivity index (χ3n) is 4.59. The third-order valence-corrected chi connectivity index (χ3v) is 4.59. The molecule has 1 aliphatic carbocycles. The van der Waals surface area contributed by atoms with Crippen LogP contribution in [0, 0.1) is 5.92 Å². The Morgan fingerprint density at radius 2 is 1.78 bits per heavy atom. The lowest BCUT2D eigenvalue weighted by molar-refractivity contribution is -0.180. The SMILES string of the molecule is CCCCCCCC1=C(C=O)[C@H](C(OCC)OCC)[C@@H](O)CC1. The van der Waals surface area contributed by atoms with Crippen molar-refractivity contribution in [2.75, 3.05) is 13.2 Å². The fourth-order valence-corrected chi connectivity index (χ4v) is 3.37. The van der Waals surface area contributed by atoms with Gasteiger partial charge in [0, 0.05) is 18.8 Å². The molecule has 0 bridgehead atoms. The molecule has 0 aromatic heterocycles. The first kappa shape index (κ1) is 20.3. The molecule has 0 fully saturated rings. The number of carbonyl (C=O) groups is 1. The van der Waals surface area contributed by atoms with Crippen LogP contribution in [0.3, 0.4) is 0 Å². The molecule has 134 valence electrons. The number of aldehydes is 1. The first-order valence-electron chi connectivity index (χ1n) is 9.27. The number of carbonyl (C=O) groups excluding carboxylic acids is 1. The minimum atomic E-state index is -0.567. The monoisotopic (exact) mass is 326 g/mol. The largest absolute Gasteiger partial charge is 0.392 e. The van der Waals surface area contributed by atoms with Crippen LogP contribution in [0.2, 0.25) is 0 Å². The summed E-state index contributed by atoms with van der Waals surface area (Å²) in [7, 11) is 0. The fourth-order valence-electron chi connectivity index (χ4n) is 3.37. The Kier molecular flexibility index (Phi) is 10.4. The number of hydrogen-bond acceptors (Lipinski definition) is 4. The lowest BCUT2D eigenvalue weighted by atomic mass is 9.79. The van der Waals surface area contributed by atoms with Gasteiger partial charge in [0.25, 0.3) is 0 Å². The van der Waals surface area contributed by atoms with Gasteiger partial charge in [-0.2, -0.15) is 0 Å². The predicted octanol–water partition coefficient (Wildman–Crippen LogP) is 4.01. The molecule has 1 aliphatic rings. The van der Waals surface area contributed by atoms with E-state index in [4.69, 9.17) is 9.47 Å². The maximum atomic E-state index is 11.7. The molecule has 0 unspecified atom stereocenters. The Balaban J connectivity index is 2.80. The van der Waals surface area contributed by atoms with Gasteiger partial charge in [0.05, 0.1) is 12.0 Å². The van der Waals surface area contributed by atoms with E-state index in [1.807, 2.05) is 13.8 Å². The van der Waals surface area contributed by atoms with Crippen molar-refractivity contribution in [2.24, 2.45) is 5.92 Å². The summed E-state index contributed by atoms with van der Waals surface area (Å²) in [5.74, 6) is -0.355. The van der Waals surface area contributed by atoms with Gasteiger partial charge in [-0.15, -0.1) is 0 Å². The molecular weight excluding hydrogens is 292 g/mol. The van der Waals surface area contributed by atoms with E-state index in [0.29, 0.717) is 25.2 Å². The molecule has 4 heteroatoms. The molecule has 0 radical (unpaired) electrons. The number of allylic oxidation sites excluding steroid dienone is 1. The van der Waals surface area contributed by atoms with Gasteiger partial charge in [-0.1, -0.05) is 38.2 Å². The summed E-state index contributed by atoms with van der Waals surface area (Å²) in [6.07, 6.45) is 8.35. The zero-order valence-corrected chi connectivity index (χ0v) is 15.1. The predicted molar refractivity (Wildman–Crippen MR) is 92.2 cm³/mol. The van der Waals surface area contributed by atoms with E-state index in [0.717, 1.165) is 25.5 Å². The number of rotatable bonds is 12.